The first kappa shape index (κ1) is 24.6. The molecule has 0 saturated heterocycles. The molecule has 2 N–H and O–H groups in total. The van der Waals surface area contributed by atoms with E-state index in [4.69, 9.17) is 4.98 Å². The number of aromatic nitrogens is 3. The van der Waals surface area contributed by atoms with Gasteiger partial charge in [0.05, 0.1) is 11.4 Å². The van der Waals surface area contributed by atoms with Gasteiger partial charge < -0.3 is 10.2 Å². The molecule has 0 spiro atoms. The lowest BCUT2D eigenvalue weighted by molar-refractivity contribution is 0.721. The molecule has 0 fully saturated rings. The number of benzene rings is 1. The zero-order chi connectivity index (χ0) is 24.4. The van der Waals surface area contributed by atoms with Gasteiger partial charge in [0.15, 0.2) is 5.65 Å². The molecule has 6 heteroatoms. The van der Waals surface area contributed by atoms with E-state index in [9.17, 15) is 4.79 Å². The summed E-state index contributed by atoms with van der Waals surface area (Å²) in [4.78, 5) is 20.9. The monoisotopic (exact) mass is 449 g/mol. The second-order valence-electron chi connectivity index (χ2n) is 9.31. The highest BCUT2D eigenvalue weighted by Crippen LogP contribution is 2.33. The lowest BCUT2D eigenvalue weighted by Crippen LogP contribution is -2.24. The molecule has 0 aliphatic heterocycles. The molecule has 178 valence electrons. The molecular formula is C27H39N5O. The number of nitrogens with one attached hydrogen (secondary N) is 2. The standard InChI is InChI=1S/C27H39N5O/c1-10-18(8)24-25(28-21-14-13-20(15-19(21)9)31(11-2)12-3)26-29-23(17(6)7)22(16(4)5)27(33)32(26)30-24/h10,13-17,28,30H,11-12H2,1-9H3. The van der Waals surface area contributed by atoms with Crippen LogP contribution in [0, 0.1) is 6.92 Å². The lowest BCUT2D eigenvalue weighted by Gasteiger charge is -2.22. The van der Waals surface area contributed by atoms with Gasteiger partial charge in [-0.3, -0.25) is 9.89 Å². The Labute approximate surface area is 197 Å². The molecule has 0 saturated carbocycles. The molecule has 3 aromatic rings. The molecule has 0 aliphatic rings. The molecule has 2 aromatic heterocycles. The van der Waals surface area contributed by atoms with Crippen LogP contribution in [0.4, 0.5) is 17.1 Å². The summed E-state index contributed by atoms with van der Waals surface area (Å²) in [5.74, 6) is 0.254. The number of allylic oxidation sites excluding steroid dienone is 2. The van der Waals surface area contributed by atoms with Crippen LogP contribution in [-0.4, -0.2) is 27.7 Å². The number of nitrogens with zero attached hydrogens (tertiary/aromatic N) is 3. The van der Waals surface area contributed by atoms with Crippen LogP contribution < -0.4 is 15.8 Å². The second-order valence-corrected chi connectivity index (χ2v) is 9.31. The van der Waals surface area contributed by atoms with Crippen molar-refractivity contribution in [2.45, 2.75) is 74.1 Å². The van der Waals surface area contributed by atoms with Gasteiger partial charge in [0.1, 0.15) is 5.69 Å². The maximum atomic E-state index is 13.5. The number of aryl methyl sites for hydroxylation is 1. The predicted molar refractivity (Wildman–Crippen MR) is 141 cm³/mol. The quantitative estimate of drug-likeness (QED) is 0.407. The number of aromatic amines is 1. The number of fused-ring (bicyclic) bond motifs is 1. The van der Waals surface area contributed by atoms with Crippen molar-refractivity contribution < 1.29 is 0 Å². The highest BCUT2D eigenvalue weighted by Gasteiger charge is 2.23. The van der Waals surface area contributed by atoms with Crippen LogP contribution in [0.5, 0.6) is 0 Å². The maximum absolute atomic E-state index is 13.5. The average molecular weight is 450 g/mol. The molecule has 0 unspecified atom stereocenters. The third-order valence-electron chi connectivity index (χ3n) is 6.39. The molecule has 2 heterocycles. The topological polar surface area (TPSA) is 65.4 Å². The Bertz CT molecular complexity index is 1230. The second kappa shape index (κ2) is 9.86. The van der Waals surface area contributed by atoms with Crippen LogP contribution in [0.15, 0.2) is 29.1 Å². The first-order valence-corrected chi connectivity index (χ1v) is 12.1. The summed E-state index contributed by atoms with van der Waals surface area (Å²) in [5, 5.41) is 6.95. The van der Waals surface area contributed by atoms with E-state index in [-0.39, 0.29) is 17.4 Å². The van der Waals surface area contributed by atoms with Gasteiger partial charge in [-0.1, -0.05) is 33.8 Å². The summed E-state index contributed by atoms with van der Waals surface area (Å²) < 4.78 is 1.60. The molecule has 1 aromatic carbocycles. The van der Waals surface area contributed by atoms with Crippen molar-refractivity contribution in [3.8, 4) is 0 Å². The predicted octanol–water partition coefficient (Wildman–Crippen LogP) is 6.59. The fourth-order valence-electron chi connectivity index (χ4n) is 4.34. The zero-order valence-electron chi connectivity index (χ0n) is 21.6. The van der Waals surface area contributed by atoms with Crippen molar-refractivity contribution in [1.82, 2.24) is 14.6 Å². The van der Waals surface area contributed by atoms with Crippen molar-refractivity contribution >= 4 is 28.3 Å². The molecule has 6 nitrogen and oxygen atoms in total. The van der Waals surface area contributed by atoms with Crippen molar-refractivity contribution in [1.29, 1.82) is 0 Å². The summed E-state index contributed by atoms with van der Waals surface area (Å²) in [6.45, 7) is 20.7. The van der Waals surface area contributed by atoms with Crippen LogP contribution in [-0.2, 0) is 0 Å². The van der Waals surface area contributed by atoms with Gasteiger partial charge in [0.2, 0.25) is 0 Å². The molecule has 33 heavy (non-hydrogen) atoms. The highest BCUT2D eigenvalue weighted by molar-refractivity contribution is 5.86. The van der Waals surface area contributed by atoms with Crippen molar-refractivity contribution in [3.63, 3.8) is 0 Å². The Morgan fingerprint density at radius 1 is 1.18 bits per heavy atom. The Morgan fingerprint density at radius 3 is 2.36 bits per heavy atom. The minimum atomic E-state index is -0.0227. The zero-order valence-corrected chi connectivity index (χ0v) is 21.6. The number of hydrogen-bond acceptors (Lipinski definition) is 4. The van der Waals surface area contributed by atoms with E-state index in [1.165, 1.54) is 5.69 Å². The Kier molecular flexibility index (Phi) is 7.35. The van der Waals surface area contributed by atoms with Gasteiger partial charge in [0, 0.05) is 30.0 Å². The largest absolute Gasteiger partial charge is 0.372 e. The SMILES string of the molecule is CC=C(C)c1[nH]n2c(=O)c(C(C)C)c(C(C)C)nc2c1Nc1ccc(N(CC)CC)cc1C. The van der Waals surface area contributed by atoms with E-state index >= 15 is 0 Å². The molecule has 0 bridgehead atoms. The lowest BCUT2D eigenvalue weighted by atomic mass is 9.96. The van der Waals surface area contributed by atoms with Crippen LogP contribution in [0.2, 0.25) is 0 Å². The van der Waals surface area contributed by atoms with E-state index in [2.05, 4.69) is 82.0 Å². The number of rotatable bonds is 8. The van der Waals surface area contributed by atoms with E-state index in [0.29, 0.717) is 5.65 Å². The Morgan fingerprint density at radius 2 is 1.85 bits per heavy atom. The van der Waals surface area contributed by atoms with Gasteiger partial charge in [-0.15, -0.1) is 0 Å². The van der Waals surface area contributed by atoms with E-state index in [1.807, 2.05) is 19.9 Å². The smallest absolute Gasteiger partial charge is 0.276 e. The van der Waals surface area contributed by atoms with Crippen molar-refractivity contribution in [2.24, 2.45) is 0 Å². The van der Waals surface area contributed by atoms with Gasteiger partial charge in [-0.05, 0) is 75.8 Å². The van der Waals surface area contributed by atoms with E-state index < -0.39 is 0 Å². The average Bonchev–Trinajstić information content (AvgIpc) is 3.14. The highest BCUT2D eigenvalue weighted by atomic mass is 16.1. The third-order valence-corrected chi connectivity index (χ3v) is 6.39. The molecular weight excluding hydrogens is 410 g/mol. The summed E-state index contributed by atoms with van der Waals surface area (Å²) >= 11 is 0. The van der Waals surface area contributed by atoms with Crippen LogP contribution in [0.25, 0.3) is 11.2 Å². The van der Waals surface area contributed by atoms with Gasteiger partial charge >= 0.3 is 0 Å². The Hall–Kier alpha value is -3.02. The van der Waals surface area contributed by atoms with Gasteiger partial charge in [0.25, 0.3) is 5.56 Å². The summed E-state index contributed by atoms with van der Waals surface area (Å²) in [7, 11) is 0. The van der Waals surface area contributed by atoms with Crippen LogP contribution >= 0.6 is 0 Å². The Balaban J connectivity index is 2.24. The minimum Gasteiger partial charge on any atom is -0.372 e. The summed E-state index contributed by atoms with van der Waals surface area (Å²) in [6, 6.07) is 6.48. The van der Waals surface area contributed by atoms with Crippen molar-refractivity contribution in [3.05, 3.63) is 57.1 Å². The summed E-state index contributed by atoms with van der Waals surface area (Å²) in [5.41, 5.74) is 8.39. The molecule has 0 amide bonds. The molecule has 0 radical (unpaired) electrons. The fourth-order valence-corrected chi connectivity index (χ4v) is 4.34. The minimum absolute atomic E-state index is 0.0227. The maximum Gasteiger partial charge on any atom is 0.276 e. The normalized spacial score (nSPS) is 12.3. The molecule has 0 aliphatic carbocycles. The first-order valence-electron chi connectivity index (χ1n) is 12.1. The molecule has 0 atom stereocenters. The van der Waals surface area contributed by atoms with Gasteiger partial charge in [-0.2, -0.15) is 4.52 Å². The first-order chi connectivity index (χ1) is 15.6. The van der Waals surface area contributed by atoms with E-state index in [1.54, 1.807) is 4.52 Å². The summed E-state index contributed by atoms with van der Waals surface area (Å²) in [6.07, 6.45) is 2.05. The number of anilines is 3. The molecule has 3 rings (SSSR count). The van der Waals surface area contributed by atoms with Gasteiger partial charge in [-0.25, -0.2) is 4.98 Å². The number of hydrogen-bond donors (Lipinski definition) is 2. The van der Waals surface area contributed by atoms with Crippen molar-refractivity contribution in [2.75, 3.05) is 23.3 Å². The number of H-pyrrole nitrogens is 1. The van der Waals surface area contributed by atoms with Crippen LogP contribution in [0.3, 0.4) is 0 Å². The third kappa shape index (κ3) is 4.56. The fraction of sp³-hybridized carbons (Fsp3) is 0.481. The van der Waals surface area contributed by atoms with E-state index in [0.717, 1.165) is 52.6 Å². The van der Waals surface area contributed by atoms with Crippen LogP contribution in [0.1, 0.15) is 89.7 Å².